The van der Waals surface area contributed by atoms with Crippen LogP contribution in [0.4, 0.5) is 0 Å². The standard InChI is InChI=1S/C18H17NOS/c20-18(17-11-13-4-1-2-6-16(13)21-17)14-8-7-12-5-3-9-19-15(12)10-14/h3,5,7-11,18,20H,1-2,4,6H2. The molecule has 1 aromatic carbocycles. The molecule has 0 bridgehead atoms. The molecule has 0 saturated carbocycles. The van der Waals surface area contributed by atoms with Crippen molar-refractivity contribution in [2.24, 2.45) is 0 Å². The van der Waals surface area contributed by atoms with Gasteiger partial charge < -0.3 is 5.11 Å². The largest absolute Gasteiger partial charge is 0.383 e. The molecule has 106 valence electrons. The van der Waals surface area contributed by atoms with E-state index in [-0.39, 0.29) is 0 Å². The minimum Gasteiger partial charge on any atom is -0.383 e. The second-order valence-electron chi connectivity index (χ2n) is 5.66. The van der Waals surface area contributed by atoms with Crippen molar-refractivity contribution in [3.05, 3.63) is 63.5 Å². The van der Waals surface area contributed by atoms with Crippen molar-refractivity contribution in [2.75, 3.05) is 0 Å². The summed E-state index contributed by atoms with van der Waals surface area (Å²) in [5.41, 5.74) is 3.31. The molecule has 2 nitrogen and oxygen atoms in total. The Bertz CT molecular complexity index is 769. The molecule has 21 heavy (non-hydrogen) atoms. The summed E-state index contributed by atoms with van der Waals surface area (Å²) in [6.45, 7) is 0. The van der Waals surface area contributed by atoms with Crippen LogP contribution in [0.1, 0.15) is 39.8 Å². The van der Waals surface area contributed by atoms with E-state index in [2.05, 4.69) is 11.1 Å². The molecular formula is C18H17NOS. The number of aryl methyl sites for hydroxylation is 2. The lowest BCUT2D eigenvalue weighted by Crippen LogP contribution is -1.97. The molecule has 0 radical (unpaired) electrons. The Morgan fingerprint density at radius 1 is 1.10 bits per heavy atom. The van der Waals surface area contributed by atoms with Crippen LogP contribution in [-0.4, -0.2) is 10.1 Å². The van der Waals surface area contributed by atoms with Gasteiger partial charge >= 0.3 is 0 Å². The van der Waals surface area contributed by atoms with Crippen molar-refractivity contribution in [2.45, 2.75) is 31.8 Å². The Balaban J connectivity index is 1.71. The van der Waals surface area contributed by atoms with Gasteiger partial charge in [0.25, 0.3) is 0 Å². The Morgan fingerprint density at radius 3 is 2.90 bits per heavy atom. The van der Waals surface area contributed by atoms with Crippen molar-refractivity contribution in [1.29, 1.82) is 0 Å². The molecular weight excluding hydrogens is 278 g/mol. The average Bonchev–Trinajstić information content (AvgIpc) is 2.97. The fraction of sp³-hybridized carbons (Fsp3) is 0.278. The van der Waals surface area contributed by atoms with Crippen LogP contribution in [-0.2, 0) is 12.8 Å². The van der Waals surface area contributed by atoms with E-state index in [9.17, 15) is 5.11 Å². The fourth-order valence-electron chi connectivity index (χ4n) is 3.07. The first-order valence-corrected chi connectivity index (χ1v) is 8.27. The molecule has 3 aromatic rings. The van der Waals surface area contributed by atoms with Crippen LogP contribution in [0, 0.1) is 0 Å². The first kappa shape index (κ1) is 13.0. The zero-order chi connectivity index (χ0) is 14.2. The average molecular weight is 295 g/mol. The quantitative estimate of drug-likeness (QED) is 0.766. The first-order chi connectivity index (χ1) is 10.3. The summed E-state index contributed by atoms with van der Waals surface area (Å²) in [5, 5.41) is 11.8. The van der Waals surface area contributed by atoms with E-state index in [0.717, 1.165) is 27.8 Å². The molecule has 1 unspecified atom stereocenters. The Morgan fingerprint density at radius 2 is 2.00 bits per heavy atom. The van der Waals surface area contributed by atoms with Crippen molar-refractivity contribution < 1.29 is 5.11 Å². The lowest BCUT2D eigenvalue weighted by molar-refractivity contribution is 0.224. The van der Waals surface area contributed by atoms with Crippen molar-refractivity contribution in [1.82, 2.24) is 4.98 Å². The molecule has 1 N–H and O–H groups in total. The van der Waals surface area contributed by atoms with Gasteiger partial charge in [-0.05, 0) is 55.0 Å². The van der Waals surface area contributed by atoms with E-state index in [4.69, 9.17) is 0 Å². The third kappa shape index (κ3) is 2.37. The number of nitrogens with zero attached hydrogens (tertiary/aromatic N) is 1. The minimum atomic E-state index is -0.535. The highest BCUT2D eigenvalue weighted by Crippen LogP contribution is 2.35. The molecule has 0 saturated heterocycles. The number of hydrogen-bond acceptors (Lipinski definition) is 3. The molecule has 0 spiro atoms. The second kappa shape index (κ2) is 5.24. The maximum Gasteiger partial charge on any atom is 0.113 e. The lowest BCUT2D eigenvalue weighted by Gasteiger charge is -2.09. The number of aliphatic hydroxyl groups is 1. The van der Waals surface area contributed by atoms with Gasteiger partial charge in [0.1, 0.15) is 6.10 Å². The van der Waals surface area contributed by atoms with E-state index in [0.29, 0.717) is 0 Å². The molecule has 0 amide bonds. The molecule has 0 fully saturated rings. The fourth-order valence-corrected chi connectivity index (χ4v) is 4.34. The number of aliphatic hydroxyl groups excluding tert-OH is 1. The lowest BCUT2D eigenvalue weighted by atomic mass is 9.98. The number of hydrogen-bond donors (Lipinski definition) is 1. The van der Waals surface area contributed by atoms with Gasteiger partial charge in [0.05, 0.1) is 5.52 Å². The first-order valence-electron chi connectivity index (χ1n) is 7.45. The SMILES string of the molecule is OC(c1ccc2cccnc2c1)c1cc2c(s1)CCCC2. The van der Waals surface area contributed by atoms with Gasteiger partial charge in [-0.2, -0.15) is 0 Å². The van der Waals surface area contributed by atoms with Crippen LogP contribution in [0.3, 0.4) is 0 Å². The monoisotopic (exact) mass is 295 g/mol. The van der Waals surface area contributed by atoms with E-state index < -0.39 is 6.10 Å². The Kier molecular flexibility index (Phi) is 3.24. The molecule has 3 heteroatoms. The number of benzene rings is 1. The van der Waals surface area contributed by atoms with Crippen molar-refractivity contribution in [3.8, 4) is 0 Å². The topological polar surface area (TPSA) is 33.1 Å². The van der Waals surface area contributed by atoms with Crippen LogP contribution < -0.4 is 0 Å². The molecule has 2 aromatic heterocycles. The summed E-state index contributed by atoms with van der Waals surface area (Å²) in [5.74, 6) is 0. The number of pyridine rings is 1. The molecule has 1 aliphatic carbocycles. The maximum atomic E-state index is 10.7. The zero-order valence-electron chi connectivity index (χ0n) is 11.7. The van der Waals surface area contributed by atoms with Crippen LogP contribution in [0.25, 0.3) is 10.9 Å². The predicted octanol–water partition coefficient (Wildman–Crippen LogP) is 4.26. The van der Waals surface area contributed by atoms with E-state index in [1.165, 1.54) is 29.7 Å². The number of aromatic nitrogens is 1. The maximum absolute atomic E-state index is 10.7. The summed E-state index contributed by atoms with van der Waals surface area (Å²) in [4.78, 5) is 6.91. The summed E-state index contributed by atoms with van der Waals surface area (Å²) in [7, 11) is 0. The van der Waals surface area contributed by atoms with E-state index >= 15 is 0 Å². The highest BCUT2D eigenvalue weighted by Gasteiger charge is 2.19. The molecule has 0 aliphatic heterocycles. The molecule has 2 heterocycles. The highest BCUT2D eigenvalue weighted by atomic mass is 32.1. The number of rotatable bonds is 2. The van der Waals surface area contributed by atoms with Crippen LogP contribution in [0.2, 0.25) is 0 Å². The van der Waals surface area contributed by atoms with Gasteiger partial charge in [-0.1, -0.05) is 18.2 Å². The van der Waals surface area contributed by atoms with Crippen LogP contribution >= 0.6 is 11.3 Å². The van der Waals surface area contributed by atoms with Gasteiger partial charge in [0, 0.05) is 21.3 Å². The van der Waals surface area contributed by atoms with Crippen molar-refractivity contribution in [3.63, 3.8) is 0 Å². The van der Waals surface area contributed by atoms with Crippen LogP contribution in [0.5, 0.6) is 0 Å². The number of fused-ring (bicyclic) bond motifs is 2. The van der Waals surface area contributed by atoms with Gasteiger partial charge in [-0.25, -0.2) is 0 Å². The van der Waals surface area contributed by atoms with E-state index in [1.54, 1.807) is 17.5 Å². The zero-order valence-corrected chi connectivity index (χ0v) is 12.6. The predicted molar refractivity (Wildman–Crippen MR) is 86.8 cm³/mol. The molecule has 1 aliphatic rings. The third-order valence-corrected chi connectivity index (χ3v) is 5.52. The summed E-state index contributed by atoms with van der Waals surface area (Å²) in [6.07, 6.45) is 6.15. The third-order valence-electron chi connectivity index (χ3n) is 4.23. The smallest absolute Gasteiger partial charge is 0.113 e. The van der Waals surface area contributed by atoms with Gasteiger partial charge in [-0.15, -0.1) is 11.3 Å². The number of thiophene rings is 1. The van der Waals surface area contributed by atoms with Crippen LogP contribution in [0.15, 0.2) is 42.6 Å². The minimum absolute atomic E-state index is 0.535. The Hall–Kier alpha value is -1.71. The summed E-state index contributed by atoms with van der Waals surface area (Å²) < 4.78 is 0. The van der Waals surface area contributed by atoms with E-state index in [1.807, 2.05) is 30.3 Å². The summed E-state index contributed by atoms with van der Waals surface area (Å²) >= 11 is 1.77. The van der Waals surface area contributed by atoms with Gasteiger partial charge in [-0.3, -0.25) is 4.98 Å². The van der Waals surface area contributed by atoms with Crippen molar-refractivity contribution >= 4 is 22.2 Å². The Labute approximate surface area is 128 Å². The second-order valence-corrected chi connectivity index (χ2v) is 6.83. The van der Waals surface area contributed by atoms with Gasteiger partial charge in [0.2, 0.25) is 0 Å². The normalized spacial score (nSPS) is 15.9. The molecule has 1 atom stereocenters. The summed E-state index contributed by atoms with van der Waals surface area (Å²) in [6, 6.07) is 12.2. The van der Waals surface area contributed by atoms with Gasteiger partial charge in [0.15, 0.2) is 0 Å². The molecule has 4 rings (SSSR count). The highest BCUT2D eigenvalue weighted by molar-refractivity contribution is 7.12.